The molecule has 2 aromatic rings. The topological polar surface area (TPSA) is 70.7 Å². The Hall–Kier alpha value is -3.02. The van der Waals surface area contributed by atoms with Crippen molar-refractivity contribution in [3.8, 4) is 0 Å². The summed E-state index contributed by atoms with van der Waals surface area (Å²) in [5.74, 6) is 0.372. The Kier molecular flexibility index (Phi) is 7.11. The Balaban J connectivity index is 1.44. The summed E-state index contributed by atoms with van der Waals surface area (Å²) in [6, 6.07) is 15.1. The van der Waals surface area contributed by atoms with E-state index in [4.69, 9.17) is 4.74 Å². The number of hydrogen-bond acceptors (Lipinski definition) is 5. The van der Waals surface area contributed by atoms with Gasteiger partial charge in [0.15, 0.2) is 0 Å². The highest BCUT2D eigenvalue weighted by atomic mass is 16.5. The summed E-state index contributed by atoms with van der Waals surface area (Å²) in [5, 5.41) is 6.09. The van der Waals surface area contributed by atoms with Crippen molar-refractivity contribution >= 4 is 28.9 Å². The standard InChI is InChI=1S/C23H29N3O3/c1-17-11-14-26(15-12-17)21-8-6-19(7-9-21)25-22(27)10-13-24-20-5-3-4-18(16-20)23(28)29-2/h3-9,16-17,24H,10-15H2,1-2H3,(H,25,27). The number of carbonyl (C=O) groups is 2. The number of nitrogens with zero attached hydrogens (tertiary/aromatic N) is 1. The van der Waals surface area contributed by atoms with Crippen LogP contribution in [0.1, 0.15) is 36.5 Å². The van der Waals surface area contributed by atoms with E-state index in [1.807, 2.05) is 18.2 Å². The Morgan fingerprint density at radius 2 is 1.79 bits per heavy atom. The van der Waals surface area contributed by atoms with Crippen molar-refractivity contribution in [3.63, 3.8) is 0 Å². The van der Waals surface area contributed by atoms with Crippen molar-refractivity contribution in [1.82, 2.24) is 0 Å². The summed E-state index contributed by atoms with van der Waals surface area (Å²) in [6.07, 6.45) is 2.79. The van der Waals surface area contributed by atoms with Crippen LogP contribution in [-0.4, -0.2) is 38.6 Å². The molecule has 2 aromatic carbocycles. The molecule has 0 saturated carbocycles. The van der Waals surface area contributed by atoms with E-state index in [-0.39, 0.29) is 11.9 Å². The fourth-order valence-corrected chi connectivity index (χ4v) is 3.44. The molecule has 0 aromatic heterocycles. The molecular formula is C23H29N3O3. The minimum atomic E-state index is -0.381. The fourth-order valence-electron chi connectivity index (χ4n) is 3.44. The summed E-state index contributed by atoms with van der Waals surface area (Å²) in [7, 11) is 1.35. The van der Waals surface area contributed by atoms with Gasteiger partial charge in [0.1, 0.15) is 0 Å². The molecule has 0 bridgehead atoms. The molecule has 0 spiro atoms. The number of ether oxygens (including phenoxy) is 1. The fraction of sp³-hybridized carbons (Fsp3) is 0.391. The number of piperidine rings is 1. The van der Waals surface area contributed by atoms with E-state index >= 15 is 0 Å². The van der Waals surface area contributed by atoms with E-state index in [9.17, 15) is 9.59 Å². The maximum atomic E-state index is 12.2. The zero-order valence-electron chi connectivity index (χ0n) is 17.1. The molecule has 0 radical (unpaired) electrons. The Morgan fingerprint density at radius 3 is 2.48 bits per heavy atom. The molecule has 0 unspecified atom stereocenters. The van der Waals surface area contributed by atoms with E-state index in [0.717, 1.165) is 30.4 Å². The smallest absolute Gasteiger partial charge is 0.337 e. The van der Waals surface area contributed by atoms with Crippen LogP contribution < -0.4 is 15.5 Å². The molecule has 1 aliphatic heterocycles. The zero-order chi connectivity index (χ0) is 20.6. The summed E-state index contributed by atoms with van der Waals surface area (Å²) in [4.78, 5) is 26.2. The van der Waals surface area contributed by atoms with Gasteiger partial charge in [-0.15, -0.1) is 0 Å². The van der Waals surface area contributed by atoms with Gasteiger partial charge in [-0.25, -0.2) is 4.79 Å². The first-order chi connectivity index (χ1) is 14.0. The van der Waals surface area contributed by atoms with Crippen LogP contribution in [0.3, 0.4) is 0 Å². The molecular weight excluding hydrogens is 366 g/mol. The molecule has 1 aliphatic rings. The van der Waals surface area contributed by atoms with Crippen LogP contribution in [0.2, 0.25) is 0 Å². The van der Waals surface area contributed by atoms with Crippen molar-refractivity contribution in [2.24, 2.45) is 5.92 Å². The monoisotopic (exact) mass is 395 g/mol. The van der Waals surface area contributed by atoms with Gasteiger partial charge in [-0.1, -0.05) is 13.0 Å². The average molecular weight is 396 g/mol. The lowest BCUT2D eigenvalue weighted by atomic mass is 9.99. The highest BCUT2D eigenvalue weighted by Crippen LogP contribution is 2.24. The third-order valence-corrected chi connectivity index (χ3v) is 5.26. The molecule has 1 saturated heterocycles. The number of anilines is 3. The van der Waals surface area contributed by atoms with Gasteiger partial charge in [0.25, 0.3) is 0 Å². The normalized spacial score (nSPS) is 14.3. The maximum Gasteiger partial charge on any atom is 0.337 e. The van der Waals surface area contributed by atoms with Crippen molar-refractivity contribution in [1.29, 1.82) is 0 Å². The first kappa shape index (κ1) is 20.7. The van der Waals surface area contributed by atoms with E-state index in [0.29, 0.717) is 18.5 Å². The Bertz CT molecular complexity index is 828. The van der Waals surface area contributed by atoms with Crippen LogP contribution in [0.5, 0.6) is 0 Å². The summed E-state index contributed by atoms with van der Waals surface area (Å²) >= 11 is 0. The Labute approximate surface area is 172 Å². The van der Waals surface area contributed by atoms with Gasteiger partial charge in [0.2, 0.25) is 5.91 Å². The average Bonchev–Trinajstić information content (AvgIpc) is 2.74. The number of esters is 1. The Morgan fingerprint density at radius 1 is 1.07 bits per heavy atom. The highest BCUT2D eigenvalue weighted by molar-refractivity contribution is 5.91. The quantitative estimate of drug-likeness (QED) is 0.689. The van der Waals surface area contributed by atoms with E-state index in [2.05, 4.69) is 34.6 Å². The van der Waals surface area contributed by atoms with Crippen molar-refractivity contribution < 1.29 is 14.3 Å². The summed E-state index contributed by atoms with van der Waals surface area (Å²) in [6.45, 7) is 4.96. The number of nitrogens with one attached hydrogen (secondary N) is 2. The van der Waals surface area contributed by atoms with Crippen LogP contribution in [0.25, 0.3) is 0 Å². The van der Waals surface area contributed by atoms with Gasteiger partial charge >= 0.3 is 5.97 Å². The minimum Gasteiger partial charge on any atom is -0.465 e. The number of carbonyl (C=O) groups excluding carboxylic acids is 2. The third kappa shape index (κ3) is 5.98. The molecule has 0 atom stereocenters. The molecule has 29 heavy (non-hydrogen) atoms. The first-order valence-electron chi connectivity index (χ1n) is 10.1. The van der Waals surface area contributed by atoms with Gasteiger partial charge in [-0.3, -0.25) is 4.79 Å². The lowest BCUT2D eigenvalue weighted by Crippen LogP contribution is -2.32. The predicted molar refractivity (Wildman–Crippen MR) is 117 cm³/mol. The van der Waals surface area contributed by atoms with E-state index < -0.39 is 0 Å². The molecule has 2 N–H and O–H groups in total. The largest absolute Gasteiger partial charge is 0.465 e. The van der Waals surface area contributed by atoms with E-state index in [1.54, 1.807) is 18.2 Å². The number of amides is 1. The zero-order valence-corrected chi connectivity index (χ0v) is 17.1. The predicted octanol–water partition coefficient (Wildman–Crippen LogP) is 4.15. The minimum absolute atomic E-state index is 0.0545. The SMILES string of the molecule is COC(=O)c1cccc(NCCC(=O)Nc2ccc(N3CCC(C)CC3)cc2)c1. The number of methoxy groups -OCH3 is 1. The second-order valence-electron chi connectivity index (χ2n) is 7.51. The van der Waals surface area contributed by atoms with Gasteiger partial charge in [0.05, 0.1) is 12.7 Å². The molecule has 6 heteroatoms. The van der Waals surface area contributed by atoms with Crippen LogP contribution in [0, 0.1) is 5.92 Å². The second-order valence-corrected chi connectivity index (χ2v) is 7.51. The highest BCUT2D eigenvalue weighted by Gasteiger charge is 2.16. The van der Waals surface area contributed by atoms with Gasteiger partial charge < -0.3 is 20.3 Å². The number of rotatable bonds is 7. The maximum absolute atomic E-state index is 12.2. The van der Waals surface area contributed by atoms with Gasteiger partial charge in [-0.2, -0.15) is 0 Å². The second kappa shape index (κ2) is 9.96. The molecule has 3 rings (SSSR count). The van der Waals surface area contributed by atoms with Gasteiger partial charge in [-0.05, 0) is 61.2 Å². The number of hydrogen-bond donors (Lipinski definition) is 2. The van der Waals surface area contributed by atoms with Crippen LogP contribution in [0.15, 0.2) is 48.5 Å². The lowest BCUT2D eigenvalue weighted by molar-refractivity contribution is -0.115. The van der Waals surface area contributed by atoms with Gasteiger partial charge in [0, 0.05) is 43.1 Å². The summed E-state index contributed by atoms with van der Waals surface area (Å²) < 4.78 is 4.72. The van der Waals surface area contributed by atoms with Crippen LogP contribution >= 0.6 is 0 Å². The summed E-state index contributed by atoms with van der Waals surface area (Å²) in [5.41, 5.74) is 3.27. The van der Waals surface area contributed by atoms with Crippen molar-refractivity contribution in [2.45, 2.75) is 26.2 Å². The van der Waals surface area contributed by atoms with Crippen LogP contribution in [-0.2, 0) is 9.53 Å². The molecule has 1 heterocycles. The van der Waals surface area contributed by atoms with E-state index in [1.165, 1.54) is 25.6 Å². The molecule has 1 amide bonds. The first-order valence-corrected chi connectivity index (χ1v) is 10.1. The lowest BCUT2D eigenvalue weighted by Gasteiger charge is -2.32. The third-order valence-electron chi connectivity index (χ3n) is 5.26. The number of benzene rings is 2. The molecule has 154 valence electrons. The van der Waals surface area contributed by atoms with Crippen molar-refractivity contribution in [2.75, 3.05) is 42.3 Å². The molecule has 0 aliphatic carbocycles. The molecule has 1 fully saturated rings. The molecule has 6 nitrogen and oxygen atoms in total. The van der Waals surface area contributed by atoms with Crippen molar-refractivity contribution in [3.05, 3.63) is 54.1 Å². The van der Waals surface area contributed by atoms with Crippen LogP contribution in [0.4, 0.5) is 17.1 Å².